The van der Waals surface area contributed by atoms with Crippen molar-refractivity contribution < 1.29 is 0 Å². The maximum absolute atomic E-state index is 2.94. The molecule has 2 heteroatoms. The van der Waals surface area contributed by atoms with Gasteiger partial charge in [0.2, 0.25) is 0 Å². The van der Waals surface area contributed by atoms with E-state index in [0.29, 0.717) is 5.92 Å². The van der Waals surface area contributed by atoms with Crippen LogP contribution in [0, 0.1) is 5.92 Å². The van der Waals surface area contributed by atoms with Crippen LogP contribution in [0.25, 0.3) is 0 Å². The largest absolute Gasteiger partial charge is 0.396 e. The van der Waals surface area contributed by atoms with E-state index in [1.165, 1.54) is 37.7 Å². The molecule has 3 rings (SSSR count). The molecule has 2 aliphatic carbocycles. The van der Waals surface area contributed by atoms with Crippen LogP contribution in [-0.4, -0.2) is 19.6 Å². The van der Waals surface area contributed by atoms with Crippen LogP contribution in [-0.2, 0) is 0 Å². The summed E-state index contributed by atoms with van der Waals surface area (Å²) >= 11 is 0. The van der Waals surface area contributed by atoms with E-state index in [-0.39, 0.29) is 0 Å². The van der Waals surface area contributed by atoms with Crippen LogP contribution in [0.5, 0.6) is 0 Å². The van der Waals surface area contributed by atoms with E-state index in [1.54, 1.807) is 22.0 Å². The Balaban J connectivity index is 2.00. The molecule has 0 radical (unpaired) electrons. The third-order valence-electron chi connectivity index (χ3n) is 6.54. The molecule has 1 fully saturated rings. The minimum Gasteiger partial charge on any atom is -0.396 e. The van der Waals surface area contributed by atoms with Gasteiger partial charge < -0.3 is 4.57 Å². The van der Waals surface area contributed by atoms with Crippen molar-refractivity contribution in [1.29, 1.82) is 0 Å². The highest BCUT2D eigenvalue weighted by atomic mass is 28.3. The first-order chi connectivity index (χ1) is 11.5. The summed E-state index contributed by atoms with van der Waals surface area (Å²) in [5.74, 6) is 0.589. The van der Waals surface area contributed by atoms with Crippen molar-refractivity contribution in [2.24, 2.45) is 5.92 Å². The summed E-state index contributed by atoms with van der Waals surface area (Å²) < 4.78 is 2.94. The first-order valence-corrected chi connectivity index (χ1v) is 12.0. The lowest BCUT2D eigenvalue weighted by Crippen LogP contribution is -2.52. The molecule has 0 bridgehead atoms. The van der Waals surface area contributed by atoms with Gasteiger partial charge in [-0.1, -0.05) is 68.6 Å². The summed E-state index contributed by atoms with van der Waals surface area (Å²) in [6.45, 7) is 12.0. The number of allylic oxidation sites excluding steroid dienone is 3. The van der Waals surface area contributed by atoms with E-state index < -0.39 is 8.96 Å². The Morgan fingerprint density at radius 2 is 1.54 bits per heavy atom. The van der Waals surface area contributed by atoms with Gasteiger partial charge in [-0.3, -0.25) is 0 Å². The molecule has 0 amide bonds. The summed E-state index contributed by atoms with van der Waals surface area (Å²) in [4.78, 5) is 0. The molecule has 0 aromatic heterocycles. The predicted molar refractivity (Wildman–Crippen MR) is 108 cm³/mol. The topological polar surface area (TPSA) is 3.24 Å². The van der Waals surface area contributed by atoms with Crippen LogP contribution in [0.15, 0.2) is 52.7 Å². The van der Waals surface area contributed by atoms with Crippen molar-refractivity contribution in [3.05, 3.63) is 52.7 Å². The molecular formula is C22H33NSi. The monoisotopic (exact) mass is 339 g/mol. The van der Waals surface area contributed by atoms with Crippen molar-refractivity contribution in [2.75, 3.05) is 0 Å². The van der Waals surface area contributed by atoms with E-state index in [1.807, 2.05) is 0 Å². The van der Waals surface area contributed by atoms with E-state index in [4.69, 9.17) is 0 Å². The molecule has 2 atom stereocenters. The van der Waals surface area contributed by atoms with Gasteiger partial charge in [0, 0.05) is 17.7 Å². The molecule has 1 aromatic rings. The fourth-order valence-electron chi connectivity index (χ4n) is 4.73. The lowest BCUT2D eigenvalue weighted by Gasteiger charge is -2.43. The van der Waals surface area contributed by atoms with E-state index >= 15 is 0 Å². The molecule has 2 aliphatic rings. The quantitative estimate of drug-likeness (QED) is 0.686. The van der Waals surface area contributed by atoms with Gasteiger partial charge in [-0.15, -0.1) is 0 Å². The molecule has 0 N–H and O–H groups in total. The average Bonchev–Trinajstić information content (AvgIpc) is 2.81. The Labute approximate surface area is 150 Å². The van der Waals surface area contributed by atoms with Crippen LogP contribution < -0.4 is 5.19 Å². The van der Waals surface area contributed by atoms with Gasteiger partial charge >= 0.3 is 0 Å². The van der Waals surface area contributed by atoms with Crippen LogP contribution in [0.2, 0.25) is 6.55 Å². The lowest BCUT2D eigenvalue weighted by atomic mass is 9.94. The summed E-state index contributed by atoms with van der Waals surface area (Å²) in [6.07, 6.45) is 7.00. The Bertz CT molecular complexity index is 637. The van der Waals surface area contributed by atoms with Crippen LogP contribution in [0.3, 0.4) is 0 Å². The zero-order valence-corrected chi connectivity index (χ0v) is 17.3. The molecule has 0 saturated heterocycles. The van der Waals surface area contributed by atoms with Gasteiger partial charge in [0.1, 0.15) is 0 Å². The smallest absolute Gasteiger partial charge is 0.168 e. The van der Waals surface area contributed by atoms with Gasteiger partial charge in [0.15, 0.2) is 8.96 Å². The van der Waals surface area contributed by atoms with Crippen LogP contribution in [0.4, 0.5) is 0 Å². The molecule has 130 valence electrons. The zero-order valence-electron chi connectivity index (χ0n) is 16.1. The second kappa shape index (κ2) is 7.31. The maximum atomic E-state index is 2.94. The Morgan fingerprint density at radius 1 is 0.917 bits per heavy atom. The van der Waals surface area contributed by atoms with Gasteiger partial charge in [0.25, 0.3) is 0 Å². The number of hydrogen-bond acceptors (Lipinski definition) is 1. The Hall–Kier alpha value is -1.28. The number of hydrogen-bond donors (Lipinski definition) is 0. The SMILES string of the molecule is CC1=C(C)C(C)C(N(C2CCCCC2)[SiH](C)c2ccccc2)=C1C. The molecule has 0 spiro atoms. The van der Waals surface area contributed by atoms with Gasteiger partial charge in [-0.25, -0.2) is 0 Å². The second-order valence-electron chi connectivity index (χ2n) is 7.83. The molecule has 1 saturated carbocycles. The van der Waals surface area contributed by atoms with Crippen LogP contribution in [0.1, 0.15) is 59.8 Å². The van der Waals surface area contributed by atoms with E-state index in [2.05, 4.69) is 69.1 Å². The van der Waals surface area contributed by atoms with Gasteiger partial charge in [-0.2, -0.15) is 0 Å². The molecule has 2 unspecified atom stereocenters. The lowest BCUT2D eigenvalue weighted by molar-refractivity contribution is 0.280. The maximum Gasteiger partial charge on any atom is 0.168 e. The minimum absolute atomic E-state index is 0.589. The van der Waals surface area contributed by atoms with Crippen molar-refractivity contribution in [3.8, 4) is 0 Å². The number of rotatable bonds is 4. The molecule has 1 nitrogen and oxygen atoms in total. The number of nitrogens with zero attached hydrogens (tertiary/aromatic N) is 1. The Kier molecular flexibility index (Phi) is 5.34. The standard InChI is InChI=1S/C22H33NSi/c1-16-17(2)19(4)22(18(16)3)23(20-12-8-6-9-13-20)24(5)21-14-10-7-11-15-21/h7,10-11,14-15,18,20,24H,6,8-9,12-13H2,1-5H3. The summed E-state index contributed by atoms with van der Waals surface area (Å²) in [5.41, 5.74) is 6.32. The molecule has 24 heavy (non-hydrogen) atoms. The van der Waals surface area contributed by atoms with Crippen molar-refractivity contribution in [3.63, 3.8) is 0 Å². The Morgan fingerprint density at radius 3 is 2.08 bits per heavy atom. The molecule has 1 aromatic carbocycles. The normalized spacial score (nSPS) is 23.8. The predicted octanol–water partition coefficient (Wildman–Crippen LogP) is 5.14. The minimum atomic E-state index is -1.18. The fourth-order valence-corrected chi connectivity index (χ4v) is 7.60. The zero-order chi connectivity index (χ0) is 17.3. The highest BCUT2D eigenvalue weighted by Gasteiger charge is 2.35. The highest BCUT2D eigenvalue weighted by Crippen LogP contribution is 2.41. The molecule has 0 aliphatic heterocycles. The van der Waals surface area contributed by atoms with E-state index in [9.17, 15) is 0 Å². The third kappa shape index (κ3) is 3.13. The van der Waals surface area contributed by atoms with Gasteiger partial charge in [0.05, 0.1) is 0 Å². The molecular weight excluding hydrogens is 306 g/mol. The molecule has 0 heterocycles. The van der Waals surface area contributed by atoms with E-state index in [0.717, 1.165) is 6.04 Å². The van der Waals surface area contributed by atoms with Crippen LogP contribution >= 0.6 is 0 Å². The number of benzene rings is 1. The van der Waals surface area contributed by atoms with Gasteiger partial charge in [-0.05, 0) is 49.9 Å². The van der Waals surface area contributed by atoms with Crippen molar-refractivity contribution >= 4 is 14.1 Å². The third-order valence-corrected chi connectivity index (χ3v) is 9.43. The van der Waals surface area contributed by atoms with Crippen molar-refractivity contribution in [2.45, 2.75) is 72.4 Å². The second-order valence-corrected chi connectivity index (χ2v) is 10.4. The summed E-state index contributed by atoms with van der Waals surface area (Å²) in [5, 5.41) is 1.58. The average molecular weight is 340 g/mol. The summed E-state index contributed by atoms with van der Waals surface area (Å²) in [7, 11) is -1.18. The summed E-state index contributed by atoms with van der Waals surface area (Å²) in [6, 6.07) is 12.0. The first kappa shape index (κ1) is 17.5. The fraction of sp³-hybridized carbons (Fsp3) is 0.545. The van der Waals surface area contributed by atoms with Crippen molar-refractivity contribution in [1.82, 2.24) is 4.57 Å². The highest BCUT2D eigenvalue weighted by molar-refractivity contribution is 6.69. The first-order valence-electron chi connectivity index (χ1n) is 9.74.